The summed E-state index contributed by atoms with van der Waals surface area (Å²) in [6.45, 7) is 1.55. The zero-order chi connectivity index (χ0) is 4.41. The second-order valence-electron chi connectivity index (χ2n) is 1.18. The lowest BCUT2D eigenvalue weighted by Gasteiger charge is -1.80. The molecule has 1 saturated heterocycles. The second-order valence-corrected chi connectivity index (χ2v) is 1.18. The number of nitrogens with one attached hydrogen (secondary N) is 2. The van der Waals surface area contributed by atoms with Crippen LogP contribution in [0.3, 0.4) is 0 Å². The van der Waals surface area contributed by atoms with Gasteiger partial charge in [0.15, 0.2) is 0 Å². The molecule has 2 N–H and O–H groups in total. The van der Waals surface area contributed by atoms with Crippen molar-refractivity contribution in [3.8, 4) is 0 Å². The lowest BCUT2D eigenvalue weighted by molar-refractivity contribution is 0.248. The minimum Gasteiger partial charge on any atom is -0.336 e. The van der Waals surface area contributed by atoms with Crippen molar-refractivity contribution in [3.05, 3.63) is 0 Å². The molecule has 1 fully saturated rings. The third-order valence-electron chi connectivity index (χ3n) is 0.696. The Hall–Kier alpha value is -0.730. The monoisotopic (exact) mass is 88.1 g/mol. The minimum atomic E-state index is -0.0463. The molecule has 36 valence electrons. The number of carbonyl (C=O) groups is 1. The summed E-state index contributed by atoms with van der Waals surface area (Å²) in [6.07, 6.45) is 0. The van der Waals surface area contributed by atoms with Gasteiger partial charge in [-0.1, -0.05) is 0 Å². The van der Waals surface area contributed by atoms with E-state index in [4.69, 9.17) is 0 Å². The van der Waals surface area contributed by atoms with Crippen LogP contribution in [0, 0.1) is 0 Å². The summed E-state index contributed by atoms with van der Waals surface area (Å²) in [5.41, 5.74) is 0. The molecule has 0 radical (unpaired) electrons. The molecule has 6 heavy (non-hydrogen) atoms. The highest BCUT2D eigenvalue weighted by Gasteiger charge is 2.02. The molecule has 0 aromatic carbocycles. The molecule has 1 aliphatic heterocycles. The summed E-state index contributed by atoms with van der Waals surface area (Å²) >= 11 is 0. The summed E-state index contributed by atoms with van der Waals surface area (Å²) < 4.78 is 0. The van der Waals surface area contributed by atoms with Crippen LogP contribution in [0.5, 0.6) is 0 Å². The first-order valence-corrected chi connectivity index (χ1v) is 1.91. The standard InChI is InChI=1S/C3H6N2O.H2/c6-3-4-1-2-5-3;/h1-2H2,(H2,4,5,6);1H. The Balaban J connectivity index is 0.000000360. The van der Waals surface area contributed by atoms with Crippen molar-refractivity contribution in [2.75, 3.05) is 13.1 Å². The predicted octanol–water partition coefficient (Wildman–Crippen LogP) is -0.455. The predicted molar refractivity (Wildman–Crippen MR) is 23.5 cm³/mol. The highest BCUT2D eigenvalue weighted by atomic mass is 16.2. The number of urea groups is 1. The van der Waals surface area contributed by atoms with E-state index in [2.05, 4.69) is 10.6 Å². The summed E-state index contributed by atoms with van der Waals surface area (Å²) in [5.74, 6) is 0. The summed E-state index contributed by atoms with van der Waals surface area (Å²) in [4.78, 5) is 10.0. The van der Waals surface area contributed by atoms with Gasteiger partial charge in [-0.3, -0.25) is 0 Å². The topological polar surface area (TPSA) is 41.1 Å². The van der Waals surface area contributed by atoms with Gasteiger partial charge in [0.2, 0.25) is 0 Å². The maximum absolute atomic E-state index is 10.0. The molecule has 0 aromatic heterocycles. The van der Waals surface area contributed by atoms with E-state index < -0.39 is 0 Å². The van der Waals surface area contributed by atoms with Crippen molar-refractivity contribution in [2.45, 2.75) is 0 Å². The van der Waals surface area contributed by atoms with Gasteiger partial charge in [0.05, 0.1) is 0 Å². The molecule has 0 bridgehead atoms. The van der Waals surface area contributed by atoms with Gasteiger partial charge in [-0.2, -0.15) is 0 Å². The number of rotatable bonds is 0. The summed E-state index contributed by atoms with van der Waals surface area (Å²) in [7, 11) is 0. The molecule has 2 amide bonds. The average Bonchev–Trinajstić information content (AvgIpc) is 1.86. The fraction of sp³-hybridized carbons (Fsp3) is 0.667. The van der Waals surface area contributed by atoms with Crippen LogP contribution in [-0.2, 0) is 0 Å². The van der Waals surface area contributed by atoms with Crippen molar-refractivity contribution < 1.29 is 6.22 Å². The van der Waals surface area contributed by atoms with E-state index in [0.29, 0.717) is 0 Å². The first kappa shape index (κ1) is 3.46. The Morgan fingerprint density at radius 1 is 1.50 bits per heavy atom. The van der Waals surface area contributed by atoms with E-state index in [-0.39, 0.29) is 7.46 Å². The van der Waals surface area contributed by atoms with Crippen LogP contribution in [0.25, 0.3) is 0 Å². The van der Waals surface area contributed by atoms with E-state index >= 15 is 0 Å². The lowest BCUT2D eigenvalue weighted by atomic mass is 10.7. The molecule has 0 atom stereocenters. The van der Waals surface area contributed by atoms with Gasteiger partial charge < -0.3 is 10.6 Å². The zero-order valence-electron chi connectivity index (χ0n) is 3.32. The maximum Gasteiger partial charge on any atom is 0.314 e. The fourth-order valence-corrected chi connectivity index (χ4v) is 0.415. The molecule has 0 saturated carbocycles. The highest BCUT2D eigenvalue weighted by Crippen LogP contribution is 1.69. The fourth-order valence-electron chi connectivity index (χ4n) is 0.415. The van der Waals surface area contributed by atoms with Crippen molar-refractivity contribution in [1.29, 1.82) is 0 Å². The Morgan fingerprint density at radius 2 is 2.00 bits per heavy atom. The van der Waals surface area contributed by atoms with E-state index in [1.54, 1.807) is 0 Å². The van der Waals surface area contributed by atoms with Gasteiger partial charge in [0.25, 0.3) is 0 Å². The Kier molecular flexibility index (Phi) is 0.670. The number of carbonyl (C=O) groups excluding carboxylic acids is 1. The molecular formula is C3H8N2O. The van der Waals surface area contributed by atoms with Gasteiger partial charge in [-0.05, 0) is 0 Å². The maximum atomic E-state index is 10.0. The van der Waals surface area contributed by atoms with Crippen molar-refractivity contribution in [3.63, 3.8) is 0 Å². The Morgan fingerprint density at radius 3 is 2.17 bits per heavy atom. The van der Waals surface area contributed by atoms with Gasteiger partial charge >= 0.3 is 6.03 Å². The van der Waals surface area contributed by atoms with E-state index in [9.17, 15) is 4.79 Å². The minimum absolute atomic E-state index is 0. The number of hydrogen-bond acceptors (Lipinski definition) is 1. The summed E-state index contributed by atoms with van der Waals surface area (Å²) in [6, 6.07) is -0.0463. The van der Waals surface area contributed by atoms with E-state index in [0.717, 1.165) is 13.1 Å². The lowest BCUT2D eigenvalue weighted by Crippen LogP contribution is -2.20. The molecule has 0 aliphatic carbocycles. The number of hydrogen-bond donors (Lipinski definition) is 2. The molecule has 0 spiro atoms. The van der Waals surface area contributed by atoms with Crippen molar-refractivity contribution >= 4 is 6.03 Å². The molecule has 1 heterocycles. The summed E-state index contributed by atoms with van der Waals surface area (Å²) in [5, 5.41) is 5.14. The van der Waals surface area contributed by atoms with Gasteiger partial charge in [0.1, 0.15) is 0 Å². The molecule has 0 aromatic rings. The van der Waals surface area contributed by atoms with Crippen LogP contribution < -0.4 is 10.6 Å². The third kappa shape index (κ3) is 0.429. The van der Waals surface area contributed by atoms with E-state index in [1.165, 1.54) is 0 Å². The molecule has 1 rings (SSSR count). The first-order chi connectivity index (χ1) is 2.89. The Bertz CT molecular complexity index is 67.3. The zero-order valence-corrected chi connectivity index (χ0v) is 3.32. The molecule has 0 unspecified atom stereocenters. The van der Waals surface area contributed by atoms with Crippen LogP contribution in [-0.4, -0.2) is 19.1 Å². The SMILES string of the molecule is O=C1NCCN1.[HH]. The molecular weight excluding hydrogens is 80.0 g/mol. The second kappa shape index (κ2) is 1.16. The molecule has 1 aliphatic rings. The van der Waals surface area contributed by atoms with Crippen LogP contribution in [0.4, 0.5) is 4.79 Å². The quantitative estimate of drug-likeness (QED) is 0.413. The molecule has 3 nitrogen and oxygen atoms in total. The highest BCUT2D eigenvalue weighted by molar-refractivity contribution is 5.75. The molecule has 3 heteroatoms. The third-order valence-corrected chi connectivity index (χ3v) is 0.696. The first-order valence-electron chi connectivity index (χ1n) is 1.91. The van der Waals surface area contributed by atoms with E-state index in [1.807, 2.05) is 0 Å². The van der Waals surface area contributed by atoms with Crippen LogP contribution >= 0.6 is 0 Å². The smallest absolute Gasteiger partial charge is 0.314 e. The van der Waals surface area contributed by atoms with Crippen LogP contribution in [0.15, 0.2) is 0 Å². The van der Waals surface area contributed by atoms with Gasteiger partial charge in [-0.15, -0.1) is 0 Å². The van der Waals surface area contributed by atoms with Crippen LogP contribution in [0.1, 0.15) is 1.43 Å². The average molecular weight is 88.1 g/mol. The van der Waals surface area contributed by atoms with Gasteiger partial charge in [0, 0.05) is 14.5 Å². The normalized spacial score (nSPS) is 19.7. The number of amides is 2. The Labute approximate surface area is 37.2 Å². The van der Waals surface area contributed by atoms with Gasteiger partial charge in [-0.25, -0.2) is 4.79 Å². The van der Waals surface area contributed by atoms with Crippen molar-refractivity contribution in [2.24, 2.45) is 0 Å². The largest absolute Gasteiger partial charge is 0.336 e. The van der Waals surface area contributed by atoms with Crippen molar-refractivity contribution in [1.82, 2.24) is 10.6 Å². The van der Waals surface area contributed by atoms with Crippen LogP contribution in [0.2, 0.25) is 0 Å².